The first-order valence-corrected chi connectivity index (χ1v) is 4.13. The fraction of sp³-hybridized carbons (Fsp3) is 0.600. The number of carbonyl (C=O) groups excluding carboxylic acids is 1. The van der Waals surface area contributed by atoms with Gasteiger partial charge in [0.05, 0.1) is 6.61 Å². The highest BCUT2D eigenvalue weighted by Crippen LogP contribution is 2.12. The van der Waals surface area contributed by atoms with Crippen LogP contribution in [0.3, 0.4) is 0 Å². The summed E-state index contributed by atoms with van der Waals surface area (Å²) in [5.41, 5.74) is 0. The molecule has 2 unspecified atom stereocenters. The summed E-state index contributed by atoms with van der Waals surface area (Å²) < 4.78 is 13.5. The van der Waals surface area contributed by atoms with Crippen LogP contribution in [0.5, 0.6) is 0 Å². The van der Waals surface area contributed by atoms with E-state index in [4.69, 9.17) is 15.0 Å². The highest BCUT2D eigenvalue weighted by atomic mass is 31.1. The van der Waals surface area contributed by atoms with E-state index in [1.54, 1.807) is 0 Å². The summed E-state index contributed by atoms with van der Waals surface area (Å²) in [6.45, 7) is 0.582. The zero-order chi connectivity index (χ0) is 10.9. The number of aliphatic hydroxyl groups is 1. The summed E-state index contributed by atoms with van der Waals surface area (Å²) >= 11 is 0. The minimum absolute atomic E-state index is 0.750. The van der Waals surface area contributed by atoms with E-state index in [2.05, 4.69) is 4.52 Å². The maximum atomic E-state index is 9.91. The number of carboxylic acid groups (broad SMARTS) is 1. The van der Waals surface area contributed by atoms with Crippen LogP contribution in [0.25, 0.3) is 0 Å². The minimum atomic E-state index is -3.22. The van der Waals surface area contributed by atoms with Gasteiger partial charge in [0.25, 0.3) is 0 Å². The van der Waals surface area contributed by atoms with Crippen LogP contribution in [0.15, 0.2) is 0 Å². The summed E-state index contributed by atoms with van der Waals surface area (Å²) in [5, 5.41) is 16.2. The molecule has 0 heterocycles. The maximum absolute atomic E-state index is 9.91. The second-order valence-corrected chi connectivity index (χ2v) is 2.23. The average Bonchev–Trinajstić information content (AvgIpc) is 2.00. The lowest BCUT2D eigenvalue weighted by molar-refractivity contribution is -0.194. The number of aliphatic hydroxyl groups excluding tert-OH is 1. The quantitative estimate of drug-likeness (QED) is 0.437. The Morgan fingerprint density at radius 3 is 2.23 bits per heavy atom. The molecule has 0 radical (unpaired) electrons. The Morgan fingerprint density at radius 2 is 2.15 bits per heavy atom. The maximum Gasteiger partial charge on any atom is 0.489 e. The van der Waals surface area contributed by atoms with Crippen LogP contribution in [-0.4, -0.2) is 35.2 Å². The number of aldehydes is 1. The third kappa shape index (κ3) is 11.1. The van der Waals surface area contributed by atoms with Crippen molar-refractivity contribution in [2.24, 2.45) is 0 Å². The summed E-state index contributed by atoms with van der Waals surface area (Å²) in [6.07, 6.45) is -0.930. The molecular formula is C5H9O7P. The molecule has 0 fully saturated rings. The van der Waals surface area contributed by atoms with Crippen molar-refractivity contribution in [1.29, 1.82) is 0 Å². The van der Waals surface area contributed by atoms with Gasteiger partial charge < -0.3 is 19.9 Å². The van der Waals surface area contributed by atoms with E-state index in [-0.39, 0.29) is 0 Å². The van der Waals surface area contributed by atoms with Gasteiger partial charge in [-0.25, -0.2) is 4.79 Å². The molecule has 0 saturated heterocycles. The van der Waals surface area contributed by atoms with Crippen LogP contribution >= 0.6 is 8.25 Å². The molecule has 0 aromatic carbocycles. The van der Waals surface area contributed by atoms with Gasteiger partial charge in [-0.3, -0.25) is 0 Å². The predicted octanol–water partition coefficient (Wildman–Crippen LogP) is -1.33. The van der Waals surface area contributed by atoms with Crippen molar-refractivity contribution < 1.29 is 33.8 Å². The molecule has 76 valence electrons. The molecule has 13 heavy (non-hydrogen) atoms. The van der Waals surface area contributed by atoms with Crippen molar-refractivity contribution in [2.45, 2.75) is 13.0 Å². The lowest BCUT2D eigenvalue weighted by Gasteiger charge is -2.00. The molecule has 0 aliphatic rings. The summed E-state index contributed by atoms with van der Waals surface area (Å²) in [5.74, 6) is -1.51. The first-order valence-electron chi connectivity index (χ1n) is 3.04. The fourth-order valence-electron chi connectivity index (χ4n) is 0.260. The van der Waals surface area contributed by atoms with E-state index in [0.717, 1.165) is 6.29 Å². The van der Waals surface area contributed by atoms with Gasteiger partial charge in [0.1, 0.15) is 6.29 Å². The lowest BCUT2D eigenvalue weighted by atomic mass is 10.4. The Balaban J connectivity index is 0. The summed E-state index contributed by atoms with van der Waals surface area (Å²) in [4.78, 5) is 28.4. The second-order valence-electron chi connectivity index (χ2n) is 1.57. The van der Waals surface area contributed by atoms with Crippen molar-refractivity contribution in [3.8, 4) is 0 Å². The smallest absolute Gasteiger partial charge is 0.489 e. The number of rotatable bonds is 4. The Kier molecular flexibility index (Phi) is 10.4. The van der Waals surface area contributed by atoms with Gasteiger partial charge in [-0.05, 0) is 11.5 Å². The van der Waals surface area contributed by atoms with Crippen molar-refractivity contribution >= 4 is 20.5 Å². The molecule has 2 atom stereocenters. The van der Waals surface area contributed by atoms with E-state index < -0.39 is 26.9 Å². The minimum Gasteiger partial charge on any atom is -0.566 e. The Bertz CT molecular complexity index is 180. The number of carbonyl (C=O) groups is 2. The number of aliphatic carboxylic acids is 1. The van der Waals surface area contributed by atoms with Crippen molar-refractivity contribution in [2.75, 3.05) is 6.61 Å². The Hall–Kier alpha value is -0.880. The van der Waals surface area contributed by atoms with Crippen LogP contribution in [0.4, 0.5) is 0 Å². The van der Waals surface area contributed by atoms with Crippen LogP contribution in [0.1, 0.15) is 6.92 Å². The van der Waals surface area contributed by atoms with Crippen LogP contribution in [-0.2, 0) is 18.7 Å². The summed E-state index contributed by atoms with van der Waals surface area (Å²) in [7, 11) is -3.22. The molecular weight excluding hydrogens is 203 g/mol. The Morgan fingerprint density at radius 1 is 1.77 bits per heavy atom. The van der Waals surface area contributed by atoms with E-state index in [0.29, 0.717) is 0 Å². The molecule has 8 heteroatoms. The molecule has 0 amide bonds. The molecule has 0 aromatic rings. The van der Waals surface area contributed by atoms with E-state index in [1.165, 1.54) is 6.92 Å². The van der Waals surface area contributed by atoms with Crippen molar-refractivity contribution in [3.63, 3.8) is 0 Å². The van der Waals surface area contributed by atoms with Crippen LogP contribution < -0.4 is 4.89 Å². The molecule has 0 spiro atoms. The Labute approximate surface area is 74.9 Å². The van der Waals surface area contributed by atoms with Gasteiger partial charge in [-0.15, -0.1) is 4.52 Å². The zero-order valence-electron chi connectivity index (χ0n) is 6.74. The molecule has 2 N–H and O–H groups in total. The highest BCUT2D eigenvalue weighted by Gasteiger charge is 2.23. The van der Waals surface area contributed by atoms with E-state index in [9.17, 15) is 14.3 Å². The number of carboxylic acids is 1. The second kappa shape index (κ2) is 9.21. The highest BCUT2D eigenvalue weighted by molar-refractivity contribution is 7.30. The lowest BCUT2D eigenvalue weighted by Crippen LogP contribution is -2.26. The molecule has 0 bridgehead atoms. The zero-order valence-corrected chi connectivity index (χ0v) is 7.64. The third-order valence-corrected chi connectivity index (χ3v) is 1.08. The first-order chi connectivity index (χ1) is 5.99. The largest absolute Gasteiger partial charge is 0.566 e. The van der Waals surface area contributed by atoms with Gasteiger partial charge in [-0.1, -0.05) is 0 Å². The van der Waals surface area contributed by atoms with Crippen LogP contribution in [0, 0.1) is 0 Å². The molecule has 7 nitrogen and oxygen atoms in total. The van der Waals surface area contributed by atoms with Crippen molar-refractivity contribution in [3.05, 3.63) is 0 Å². The van der Waals surface area contributed by atoms with E-state index in [1.807, 2.05) is 0 Å². The molecule has 0 aliphatic heterocycles. The van der Waals surface area contributed by atoms with Gasteiger partial charge >= 0.3 is 14.2 Å². The molecule has 0 aromatic heterocycles. The number of hydrogen-bond donors (Lipinski definition) is 2. The third-order valence-electron chi connectivity index (χ3n) is 0.655. The molecule has 0 aliphatic carbocycles. The van der Waals surface area contributed by atoms with Gasteiger partial charge in [0.15, 0.2) is 0 Å². The fourth-order valence-corrected chi connectivity index (χ4v) is 0.625. The van der Waals surface area contributed by atoms with Crippen LogP contribution in [0.2, 0.25) is 0 Å². The first kappa shape index (κ1) is 14.6. The van der Waals surface area contributed by atoms with E-state index >= 15 is 0 Å². The monoisotopic (exact) mass is 212 g/mol. The number of hydrogen-bond acceptors (Lipinski definition) is 6. The molecule has 0 rings (SSSR count). The van der Waals surface area contributed by atoms with Gasteiger partial charge in [0.2, 0.25) is 6.10 Å². The molecule has 0 saturated carbocycles. The average molecular weight is 212 g/mol. The predicted molar refractivity (Wildman–Crippen MR) is 38.9 cm³/mol. The standard InChI is InChI=1S/C3H5O6P.C2H4O/c4-1-2(3(5)6)9-10(7)8;1-2-3/h2,4H,1H2,(H,5,6);2H,1H3. The summed E-state index contributed by atoms with van der Waals surface area (Å²) in [6, 6.07) is 0. The van der Waals surface area contributed by atoms with Gasteiger partial charge in [-0.2, -0.15) is 0 Å². The van der Waals surface area contributed by atoms with Crippen molar-refractivity contribution in [1.82, 2.24) is 0 Å². The normalized spacial score (nSPS) is 12.1. The topological polar surface area (TPSA) is 124 Å². The SMILES string of the molecule is CC=O.O=C(O)C(CO)O[P+](=O)[O-]. The van der Waals surface area contributed by atoms with Gasteiger partial charge in [0, 0.05) is 0 Å².